The van der Waals surface area contributed by atoms with Crippen molar-refractivity contribution >= 4 is 22.8 Å². The first-order valence-electron chi connectivity index (χ1n) is 8.81. The molecule has 1 aromatic heterocycles. The van der Waals surface area contributed by atoms with Crippen LogP contribution in [0.5, 0.6) is 5.75 Å². The highest BCUT2D eigenvalue weighted by Gasteiger charge is 2.17. The van der Waals surface area contributed by atoms with E-state index in [1.165, 1.54) is 0 Å². The number of aryl methyl sites for hydroxylation is 2. The standard InChI is InChI=1S/C21H22N2O4/c1-14-7-5-8-16(13-14)26-12-6-11-19(24)22-23-21(25)20-15(2)17-9-3-4-10-18(17)27-20/h3-5,7-10,13H,6,11-12H2,1-2H3,(H,22,24)(H,23,25). The molecular weight excluding hydrogens is 344 g/mol. The van der Waals surface area contributed by atoms with Gasteiger partial charge >= 0.3 is 5.91 Å². The van der Waals surface area contributed by atoms with Crippen LogP contribution in [0.2, 0.25) is 0 Å². The van der Waals surface area contributed by atoms with E-state index in [4.69, 9.17) is 9.15 Å². The number of benzene rings is 2. The summed E-state index contributed by atoms with van der Waals surface area (Å²) < 4.78 is 11.2. The van der Waals surface area contributed by atoms with Crippen LogP contribution in [0, 0.1) is 13.8 Å². The number of rotatable bonds is 6. The number of amides is 2. The fraction of sp³-hybridized carbons (Fsp3) is 0.238. The Bertz CT molecular complexity index is 962. The second-order valence-corrected chi connectivity index (χ2v) is 6.32. The van der Waals surface area contributed by atoms with Crippen molar-refractivity contribution in [3.63, 3.8) is 0 Å². The summed E-state index contributed by atoms with van der Waals surface area (Å²) in [5, 5.41) is 0.877. The molecule has 0 aliphatic heterocycles. The van der Waals surface area contributed by atoms with E-state index in [0.29, 0.717) is 18.6 Å². The quantitative estimate of drug-likeness (QED) is 0.515. The molecule has 0 unspecified atom stereocenters. The third-order valence-electron chi connectivity index (χ3n) is 4.17. The number of furan rings is 1. The third kappa shape index (κ3) is 4.67. The number of ether oxygens (including phenoxy) is 1. The monoisotopic (exact) mass is 366 g/mol. The summed E-state index contributed by atoms with van der Waals surface area (Å²) in [5.74, 6) is 0.210. The lowest BCUT2D eigenvalue weighted by molar-refractivity contribution is -0.122. The molecule has 3 aromatic rings. The van der Waals surface area contributed by atoms with Crippen LogP contribution in [-0.4, -0.2) is 18.4 Å². The van der Waals surface area contributed by atoms with E-state index in [2.05, 4.69) is 10.9 Å². The molecule has 2 aromatic carbocycles. The Morgan fingerprint density at radius 3 is 2.63 bits per heavy atom. The van der Waals surface area contributed by atoms with Crippen LogP contribution >= 0.6 is 0 Å². The third-order valence-corrected chi connectivity index (χ3v) is 4.17. The van der Waals surface area contributed by atoms with E-state index in [0.717, 1.165) is 22.3 Å². The average molecular weight is 366 g/mol. The summed E-state index contributed by atoms with van der Waals surface area (Å²) in [6.45, 7) is 4.23. The molecule has 6 nitrogen and oxygen atoms in total. The smallest absolute Gasteiger partial charge is 0.305 e. The van der Waals surface area contributed by atoms with Gasteiger partial charge in [0.15, 0.2) is 5.76 Å². The highest BCUT2D eigenvalue weighted by atomic mass is 16.5. The van der Waals surface area contributed by atoms with Crippen molar-refractivity contribution in [2.75, 3.05) is 6.61 Å². The Hall–Kier alpha value is -3.28. The fourth-order valence-corrected chi connectivity index (χ4v) is 2.76. The first kappa shape index (κ1) is 18.5. The highest BCUT2D eigenvalue weighted by molar-refractivity contribution is 5.99. The maximum absolute atomic E-state index is 12.2. The van der Waals surface area contributed by atoms with Crippen LogP contribution in [0.15, 0.2) is 52.9 Å². The summed E-state index contributed by atoms with van der Waals surface area (Å²) in [5.41, 5.74) is 7.30. The predicted octanol–water partition coefficient (Wildman–Crippen LogP) is 3.67. The van der Waals surface area contributed by atoms with Gasteiger partial charge in [-0.15, -0.1) is 0 Å². The second-order valence-electron chi connectivity index (χ2n) is 6.32. The van der Waals surface area contributed by atoms with Crippen molar-refractivity contribution < 1.29 is 18.7 Å². The largest absolute Gasteiger partial charge is 0.494 e. The van der Waals surface area contributed by atoms with E-state index < -0.39 is 5.91 Å². The maximum atomic E-state index is 12.2. The molecule has 2 amide bonds. The van der Waals surface area contributed by atoms with Gasteiger partial charge in [-0.25, -0.2) is 0 Å². The Morgan fingerprint density at radius 1 is 1.04 bits per heavy atom. The number of nitrogens with one attached hydrogen (secondary N) is 2. The lowest BCUT2D eigenvalue weighted by Gasteiger charge is -2.08. The van der Waals surface area contributed by atoms with Crippen LogP contribution in [0.4, 0.5) is 0 Å². The SMILES string of the molecule is Cc1cccc(OCCCC(=O)NNC(=O)c2oc3ccccc3c2C)c1. The molecule has 140 valence electrons. The zero-order chi connectivity index (χ0) is 19.2. The van der Waals surface area contributed by atoms with Gasteiger partial charge in [0.05, 0.1) is 6.61 Å². The summed E-state index contributed by atoms with van der Waals surface area (Å²) in [4.78, 5) is 24.1. The normalized spacial score (nSPS) is 10.6. The number of para-hydroxylation sites is 1. The van der Waals surface area contributed by atoms with Crippen molar-refractivity contribution in [1.82, 2.24) is 10.9 Å². The summed E-state index contributed by atoms with van der Waals surface area (Å²) >= 11 is 0. The minimum absolute atomic E-state index is 0.194. The van der Waals surface area contributed by atoms with E-state index in [1.807, 2.05) is 56.3 Å². The van der Waals surface area contributed by atoms with Gasteiger partial charge in [0.2, 0.25) is 5.91 Å². The second kappa shape index (κ2) is 8.40. The molecular formula is C21H22N2O4. The maximum Gasteiger partial charge on any atom is 0.305 e. The average Bonchev–Trinajstić information content (AvgIpc) is 3.00. The minimum atomic E-state index is -0.479. The molecule has 0 bridgehead atoms. The molecule has 0 aliphatic carbocycles. The van der Waals surface area contributed by atoms with E-state index in [1.54, 1.807) is 6.07 Å². The van der Waals surface area contributed by atoms with Gasteiger partial charge in [0, 0.05) is 17.4 Å². The zero-order valence-electron chi connectivity index (χ0n) is 15.4. The lowest BCUT2D eigenvalue weighted by atomic mass is 10.1. The van der Waals surface area contributed by atoms with E-state index in [-0.39, 0.29) is 18.1 Å². The summed E-state index contributed by atoms with van der Waals surface area (Å²) in [7, 11) is 0. The summed E-state index contributed by atoms with van der Waals surface area (Å²) in [6, 6.07) is 15.1. The molecule has 0 spiro atoms. The fourth-order valence-electron chi connectivity index (χ4n) is 2.76. The lowest BCUT2D eigenvalue weighted by Crippen LogP contribution is -2.41. The molecule has 6 heteroatoms. The zero-order valence-corrected chi connectivity index (χ0v) is 15.4. The van der Waals surface area contributed by atoms with Crippen molar-refractivity contribution in [2.24, 2.45) is 0 Å². The number of carbonyl (C=O) groups is 2. The highest BCUT2D eigenvalue weighted by Crippen LogP contribution is 2.24. The van der Waals surface area contributed by atoms with Gasteiger partial charge in [-0.3, -0.25) is 20.4 Å². The number of carbonyl (C=O) groups excluding carboxylic acids is 2. The van der Waals surface area contributed by atoms with Gasteiger partial charge in [-0.05, 0) is 44.0 Å². The Labute approximate surface area is 157 Å². The molecule has 3 rings (SSSR count). The molecule has 2 N–H and O–H groups in total. The molecule has 27 heavy (non-hydrogen) atoms. The van der Waals surface area contributed by atoms with Crippen LogP contribution < -0.4 is 15.6 Å². The molecule has 0 saturated carbocycles. The minimum Gasteiger partial charge on any atom is -0.494 e. The Balaban J connectivity index is 1.43. The van der Waals surface area contributed by atoms with Crippen LogP contribution in [0.25, 0.3) is 11.0 Å². The van der Waals surface area contributed by atoms with Gasteiger partial charge in [-0.2, -0.15) is 0 Å². The van der Waals surface area contributed by atoms with Crippen LogP contribution in [0.1, 0.15) is 34.5 Å². The summed E-state index contributed by atoms with van der Waals surface area (Å²) in [6.07, 6.45) is 0.782. The number of fused-ring (bicyclic) bond motifs is 1. The molecule has 1 heterocycles. The topological polar surface area (TPSA) is 80.6 Å². The Morgan fingerprint density at radius 2 is 1.85 bits per heavy atom. The van der Waals surface area contributed by atoms with Gasteiger partial charge in [0.1, 0.15) is 11.3 Å². The number of hydrogen-bond acceptors (Lipinski definition) is 4. The van der Waals surface area contributed by atoms with Crippen LogP contribution in [-0.2, 0) is 4.79 Å². The molecule has 0 atom stereocenters. The number of hydrazine groups is 1. The van der Waals surface area contributed by atoms with Gasteiger partial charge in [-0.1, -0.05) is 30.3 Å². The first-order valence-corrected chi connectivity index (χ1v) is 8.81. The van der Waals surface area contributed by atoms with Gasteiger partial charge in [0.25, 0.3) is 0 Å². The molecule has 0 fully saturated rings. The molecule has 0 saturated heterocycles. The van der Waals surface area contributed by atoms with Crippen molar-refractivity contribution in [3.05, 3.63) is 65.4 Å². The van der Waals surface area contributed by atoms with Crippen molar-refractivity contribution in [3.8, 4) is 5.75 Å². The van der Waals surface area contributed by atoms with Crippen molar-refractivity contribution in [1.29, 1.82) is 0 Å². The first-order chi connectivity index (χ1) is 13.0. The predicted molar refractivity (Wildman–Crippen MR) is 102 cm³/mol. The van der Waals surface area contributed by atoms with Crippen LogP contribution in [0.3, 0.4) is 0 Å². The number of hydrogen-bond donors (Lipinski definition) is 2. The van der Waals surface area contributed by atoms with Gasteiger partial charge < -0.3 is 9.15 Å². The van der Waals surface area contributed by atoms with Crippen molar-refractivity contribution in [2.45, 2.75) is 26.7 Å². The Kier molecular flexibility index (Phi) is 5.76. The molecule has 0 radical (unpaired) electrons. The molecule has 0 aliphatic rings. The van der Waals surface area contributed by atoms with E-state index in [9.17, 15) is 9.59 Å². The van der Waals surface area contributed by atoms with E-state index >= 15 is 0 Å².